The average Bonchev–Trinajstić information content (AvgIpc) is 2.19. The second kappa shape index (κ2) is 4.33. The summed E-state index contributed by atoms with van der Waals surface area (Å²) in [5.41, 5.74) is 5.83. The summed E-state index contributed by atoms with van der Waals surface area (Å²) in [5.74, 6) is -1.04. The molecule has 2 unspecified atom stereocenters. The van der Waals surface area contributed by atoms with Gasteiger partial charge in [0.2, 0.25) is 0 Å². The van der Waals surface area contributed by atoms with Gasteiger partial charge >= 0.3 is 0 Å². The first-order valence-electron chi connectivity index (χ1n) is 5.41. The van der Waals surface area contributed by atoms with Crippen molar-refractivity contribution in [1.29, 1.82) is 0 Å². The Bertz CT molecular complexity index is 383. The van der Waals surface area contributed by atoms with Gasteiger partial charge in [0.15, 0.2) is 11.6 Å². The van der Waals surface area contributed by atoms with Crippen LogP contribution in [-0.2, 0) is 0 Å². The number of hydrogen-bond acceptors (Lipinski definition) is 3. The number of nitrogens with two attached hydrogens (primary N) is 1. The first kappa shape index (κ1) is 11.3. The Labute approximate surface area is 93.3 Å². The molecule has 0 radical (unpaired) electrons. The van der Waals surface area contributed by atoms with Gasteiger partial charge in [-0.1, -0.05) is 0 Å². The molecule has 0 aromatic carbocycles. The minimum Gasteiger partial charge on any atom is -0.351 e. The zero-order chi connectivity index (χ0) is 11.7. The highest BCUT2D eigenvalue weighted by Crippen LogP contribution is 2.24. The van der Waals surface area contributed by atoms with Crippen molar-refractivity contribution < 1.29 is 8.78 Å². The summed E-state index contributed by atoms with van der Waals surface area (Å²) in [4.78, 5) is 5.66. The Hall–Kier alpha value is -1.23. The number of halogens is 2. The summed E-state index contributed by atoms with van der Waals surface area (Å²) in [6.07, 6.45) is 2.65. The number of rotatable bonds is 1. The molecule has 1 aromatic rings. The van der Waals surface area contributed by atoms with Crippen molar-refractivity contribution in [2.24, 2.45) is 5.73 Å². The summed E-state index contributed by atoms with van der Waals surface area (Å²) in [5, 5.41) is 0. The van der Waals surface area contributed by atoms with Gasteiger partial charge in [0, 0.05) is 24.7 Å². The van der Waals surface area contributed by atoms with Gasteiger partial charge in [0.05, 0.1) is 6.20 Å². The molecule has 1 aliphatic rings. The van der Waals surface area contributed by atoms with E-state index in [0.29, 0.717) is 6.54 Å². The van der Waals surface area contributed by atoms with E-state index in [9.17, 15) is 8.78 Å². The standard InChI is InChI=1S/C11H15F2N3/c1-7-4-9(14)2-3-16(7)11-10(13)5-8(12)6-15-11/h5-7,9H,2-4,14H2,1H3. The number of nitrogens with zero attached hydrogens (tertiary/aromatic N) is 2. The molecule has 3 nitrogen and oxygen atoms in total. The van der Waals surface area contributed by atoms with E-state index in [-0.39, 0.29) is 17.9 Å². The highest BCUT2D eigenvalue weighted by Gasteiger charge is 2.26. The minimum absolute atomic E-state index is 0.135. The van der Waals surface area contributed by atoms with Gasteiger partial charge in [-0.3, -0.25) is 0 Å². The van der Waals surface area contributed by atoms with Crippen molar-refractivity contribution >= 4 is 5.82 Å². The van der Waals surface area contributed by atoms with Crippen LogP contribution in [0.4, 0.5) is 14.6 Å². The maximum atomic E-state index is 13.5. The van der Waals surface area contributed by atoms with Crippen molar-refractivity contribution in [3.63, 3.8) is 0 Å². The summed E-state index contributed by atoms with van der Waals surface area (Å²) < 4.78 is 26.3. The second-order valence-corrected chi connectivity index (χ2v) is 4.29. The second-order valence-electron chi connectivity index (χ2n) is 4.29. The van der Waals surface area contributed by atoms with E-state index in [1.54, 1.807) is 0 Å². The molecule has 88 valence electrons. The van der Waals surface area contributed by atoms with Gasteiger partial charge in [-0.25, -0.2) is 13.8 Å². The number of pyridine rings is 1. The van der Waals surface area contributed by atoms with Crippen LogP contribution in [0.1, 0.15) is 19.8 Å². The summed E-state index contributed by atoms with van der Waals surface area (Å²) in [6, 6.07) is 1.16. The van der Waals surface area contributed by atoms with Crippen LogP contribution in [0.15, 0.2) is 12.3 Å². The Kier molecular flexibility index (Phi) is 3.05. The van der Waals surface area contributed by atoms with Crippen LogP contribution in [0.3, 0.4) is 0 Å². The summed E-state index contributed by atoms with van der Waals surface area (Å²) >= 11 is 0. The molecule has 2 N–H and O–H groups in total. The maximum Gasteiger partial charge on any atom is 0.168 e. The lowest BCUT2D eigenvalue weighted by Crippen LogP contribution is -2.46. The van der Waals surface area contributed by atoms with Crippen molar-refractivity contribution in [2.75, 3.05) is 11.4 Å². The fourth-order valence-electron chi connectivity index (χ4n) is 2.14. The third kappa shape index (κ3) is 2.14. The topological polar surface area (TPSA) is 42.1 Å². The molecule has 0 amide bonds. The van der Waals surface area contributed by atoms with Gasteiger partial charge in [-0.2, -0.15) is 0 Å². The first-order valence-corrected chi connectivity index (χ1v) is 5.41. The van der Waals surface area contributed by atoms with Crippen LogP contribution in [0.5, 0.6) is 0 Å². The summed E-state index contributed by atoms with van der Waals surface area (Å²) in [7, 11) is 0. The van der Waals surface area contributed by atoms with Crippen molar-refractivity contribution in [3.05, 3.63) is 23.9 Å². The third-order valence-electron chi connectivity index (χ3n) is 2.98. The third-order valence-corrected chi connectivity index (χ3v) is 2.98. The zero-order valence-electron chi connectivity index (χ0n) is 9.16. The van der Waals surface area contributed by atoms with Crippen molar-refractivity contribution in [2.45, 2.75) is 31.8 Å². The molecule has 0 aliphatic carbocycles. The lowest BCUT2D eigenvalue weighted by Gasteiger charge is -2.37. The Morgan fingerprint density at radius 1 is 1.50 bits per heavy atom. The van der Waals surface area contributed by atoms with E-state index < -0.39 is 11.6 Å². The largest absolute Gasteiger partial charge is 0.351 e. The SMILES string of the molecule is CC1CC(N)CCN1c1ncc(F)cc1F. The lowest BCUT2D eigenvalue weighted by atomic mass is 9.99. The number of aromatic nitrogens is 1. The molecule has 1 fully saturated rings. The maximum absolute atomic E-state index is 13.5. The van der Waals surface area contributed by atoms with Crippen LogP contribution in [0.2, 0.25) is 0 Å². The highest BCUT2D eigenvalue weighted by molar-refractivity contribution is 5.41. The van der Waals surface area contributed by atoms with Crippen LogP contribution in [0, 0.1) is 11.6 Å². The van der Waals surface area contributed by atoms with Crippen molar-refractivity contribution in [3.8, 4) is 0 Å². The van der Waals surface area contributed by atoms with Gasteiger partial charge in [0.25, 0.3) is 0 Å². The van der Waals surface area contributed by atoms with Gasteiger partial charge in [-0.05, 0) is 19.8 Å². The van der Waals surface area contributed by atoms with Gasteiger partial charge in [-0.15, -0.1) is 0 Å². The molecule has 1 aliphatic heterocycles. The molecule has 1 aromatic heterocycles. The highest BCUT2D eigenvalue weighted by atomic mass is 19.1. The van der Waals surface area contributed by atoms with E-state index in [1.807, 2.05) is 11.8 Å². The molecular formula is C11H15F2N3. The number of hydrogen-bond donors (Lipinski definition) is 1. The van der Waals surface area contributed by atoms with E-state index in [0.717, 1.165) is 25.1 Å². The van der Waals surface area contributed by atoms with E-state index in [1.165, 1.54) is 0 Å². The zero-order valence-corrected chi connectivity index (χ0v) is 9.16. The molecule has 2 heterocycles. The molecule has 16 heavy (non-hydrogen) atoms. The molecule has 0 saturated carbocycles. The molecule has 0 bridgehead atoms. The van der Waals surface area contributed by atoms with Crippen LogP contribution >= 0.6 is 0 Å². The Morgan fingerprint density at radius 2 is 2.25 bits per heavy atom. The summed E-state index contributed by atoms with van der Waals surface area (Å²) in [6.45, 7) is 2.64. The molecule has 0 spiro atoms. The lowest BCUT2D eigenvalue weighted by molar-refractivity contribution is 0.420. The normalized spacial score (nSPS) is 25.9. The molecule has 2 rings (SSSR count). The number of anilines is 1. The van der Waals surface area contributed by atoms with E-state index in [2.05, 4.69) is 4.98 Å². The van der Waals surface area contributed by atoms with Crippen LogP contribution in [-0.4, -0.2) is 23.6 Å². The molecule has 5 heteroatoms. The predicted octanol–water partition coefficient (Wildman–Crippen LogP) is 1.68. The Balaban J connectivity index is 2.23. The minimum atomic E-state index is -0.650. The van der Waals surface area contributed by atoms with Gasteiger partial charge in [0.1, 0.15) is 5.82 Å². The quantitative estimate of drug-likeness (QED) is 0.793. The predicted molar refractivity (Wildman–Crippen MR) is 58.2 cm³/mol. The van der Waals surface area contributed by atoms with Crippen LogP contribution < -0.4 is 10.6 Å². The van der Waals surface area contributed by atoms with Crippen molar-refractivity contribution in [1.82, 2.24) is 4.98 Å². The average molecular weight is 227 g/mol. The molecule has 1 saturated heterocycles. The van der Waals surface area contributed by atoms with Crippen LogP contribution in [0.25, 0.3) is 0 Å². The van der Waals surface area contributed by atoms with E-state index >= 15 is 0 Å². The van der Waals surface area contributed by atoms with E-state index in [4.69, 9.17) is 5.73 Å². The first-order chi connectivity index (χ1) is 7.58. The Morgan fingerprint density at radius 3 is 2.88 bits per heavy atom. The molecule has 2 atom stereocenters. The van der Waals surface area contributed by atoms with Gasteiger partial charge < -0.3 is 10.6 Å². The fourth-order valence-corrected chi connectivity index (χ4v) is 2.14. The fraction of sp³-hybridized carbons (Fsp3) is 0.545. The number of piperidine rings is 1. The monoisotopic (exact) mass is 227 g/mol. The smallest absolute Gasteiger partial charge is 0.168 e. The molecular weight excluding hydrogens is 212 g/mol.